The van der Waals surface area contributed by atoms with Gasteiger partial charge in [-0.15, -0.1) is 0 Å². The molecule has 1 amide bonds. The van der Waals surface area contributed by atoms with Crippen molar-refractivity contribution in [2.45, 2.75) is 25.8 Å². The van der Waals surface area contributed by atoms with Crippen LogP contribution in [-0.4, -0.2) is 30.1 Å². The molecule has 0 radical (unpaired) electrons. The molecule has 23 heavy (non-hydrogen) atoms. The number of carbonyl (C=O) groups excluding carboxylic acids is 1. The van der Waals surface area contributed by atoms with Gasteiger partial charge in [-0.05, 0) is 62.2 Å². The zero-order valence-electron chi connectivity index (χ0n) is 13.8. The number of pyridine rings is 1. The van der Waals surface area contributed by atoms with Gasteiger partial charge >= 0.3 is 0 Å². The van der Waals surface area contributed by atoms with E-state index in [-0.39, 0.29) is 5.91 Å². The van der Waals surface area contributed by atoms with Crippen molar-refractivity contribution in [2.75, 3.05) is 19.0 Å². The number of hydrogen-bond acceptors (Lipinski definition) is 4. The van der Waals surface area contributed by atoms with Crippen LogP contribution in [0, 0.1) is 0 Å². The maximum Gasteiger partial charge on any atom is 0.245 e. The minimum absolute atomic E-state index is 0.0395. The van der Waals surface area contributed by atoms with Gasteiger partial charge in [0.1, 0.15) is 11.3 Å². The highest BCUT2D eigenvalue weighted by atomic mass is 16.5. The van der Waals surface area contributed by atoms with Crippen LogP contribution in [0.15, 0.2) is 48.8 Å². The van der Waals surface area contributed by atoms with Gasteiger partial charge in [0, 0.05) is 24.6 Å². The molecule has 122 valence electrons. The zero-order valence-corrected chi connectivity index (χ0v) is 13.8. The monoisotopic (exact) mass is 313 g/mol. The Labute approximate surface area is 137 Å². The maximum atomic E-state index is 12.4. The van der Waals surface area contributed by atoms with Gasteiger partial charge in [-0.2, -0.15) is 0 Å². The van der Waals surface area contributed by atoms with Crippen LogP contribution in [0.5, 0.6) is 5.75 Å². The van der Waals surface area contributed by atoms with E-state index in [9.17, 15) is 4.79 Å². The molecule has 0 atom stereocenters. The summed E-state index contributed by atoms with van der Waals surface area (Å²) in [6, 6.07) is 11.4. The van der Waals surface area contributed by atoms with Gasteiger partial charge in [0.15, 0.2) is 0 Å². The number of ether oxygens (including phenoxy) is 1. The van der Waals surface area contributed by atoms with Crippen molar-refractivity contribution in [1.82, 2.24) is 10.3 Å². The minimum atomic E-state index is -0.702. The molecule has 0 bridgehead atoms. The van der Waals surface area contributed by atoms with Gasteiger partial charge in [0.05, 0.1) is 7.11 Å². The topological polar surface area (TPSA) is 63.2 Å². The Morgan fingerprint density at radius 2 is 1.78 bits per heavy atom. The summed E-state index contributed by atoms with van der Waals surface area (Å²) in [6.45, 7) is 4.31. The molecule has 0 fully saturated rings. The number of nitrogens with zero attached hydrogens (tertiary/aromatic N) is 1. The van der Waals surface area contributed by atoms with Crippen LogP contribution in [0.3, 0.4) is 0 Å². The van der Waals surface area contributed by atoms with Crippen molar-refractivity contribution in [3.63, 3.8) is 0 Å². The molecule has 1 aromatic heterocycles. The highest BCUT2D eigenvalue weighted by Crippen LogP contribution is 2.19. The number of benzene rings is 1. The SMILES string of the molecule is COc1ccc(NC(C)(C)C(=O)NCCc2ccncc2)cc1. The number of methoxy groups -OCH3 is 1. The molecule has 2 N–H and O–H groups in total. The van der Waals surface area contributed by atoms with E-state index in [1.165, 1.54) is 0 Å². The molecule has 0 aliphatic carbocycles. The number of carbonyl (C=O) groups is 1. The van der Waals surface area contributed by atoms with Crippen molar-refractivity contribution in [3.05, 3.63) is 54.4 Å². The van der Waals surface area contributed by atoms with E-state index in [1.807, 2.05) is 50.2 Å². The summed E-state index contributed by atoms with van der Waals surface area (Å²) in [6.07, 6.45) is 4.30. The first-order valence-electron chi connectivity index (χ1n) is 7.61. The lowest BCUT2D eigenvalue weighted by molar-refractivity contribution is -0.124. The summed E-state index contributed by atoms with van der Waals surface area (Å²) < 4.78 is 5.13. The predicted octanol–water partition coefficient (Wildman–Crippen LogP) is 2.64. The number of rotatable bonds is 7. The smallest absolute Gasteiger partial charge is 0.245 e. The van der Waals surface area contributed by atoms with Gasteiger partial charge < -0.3 is 15.4 Å². The first kappa shape index (κ1) is 16.8. The van der Waals surface area contributed by atoms with Crippen molar-refractivity contribution >= 4 is 11.6 Å². The van der Waals surface area contributed by atoms with Crippen LogP contribution in [0.4, 0.5) is 5.69 Å². The standard InChI is InChI=1S/C18H23N3O2/c1-18(2,21-15-4-6-16(23-3)7-5-15)17(22)20-13-10-14-8-11-19-12-9-14/h4-9,11-12,21H,10,13H2,1-3H3,(H,20,22). The number of hydrogen-bond donors (Lipinski definition) is 2. The normalized spacial score (nSPS) is 10.9. The fourth-order valence-corrected chi connectivity index (χ4v) is 2.18. The molecule has 5 nitrogen and oxygen atoms in total. The van der Waals surface area contributed by atoms with Crippen LogP contribution in [-0.2, 0) is 11.2 Å². The molecule has 0 aliphatic rings. The molecule has 1 heterocycles. The fourth-order valence-electron chi connectivity index (χ4n) is 2.18. The second kappa shape index (κ2) is 7.63. The highest BCUT2D eigenvalue weighted by Gasteiger charge is 2.26. The average molecular weight is 313 g/mol. The van der Waals surface area contributed by atoms with Crippen LogP contribution in [0.1, 0.15) is 19.4 Å². The van der Waals surface area contributed by atoms with Crippen molar-refractivity contribution in [3.8, 4) is 5.75 Å². The largest absolute Gasteiger partial charge is 0.497 e. The minimum Gasteiger partial charge on any atom is -0.497 e. The summed E-state index contributed by atoms with van der Waals surface area (Å²) in [5.41, 5.74) is 1.33. The quantitative estimate of drug-likeness (QED) is 0.825. The maximum absolute atomic E-state index is 12.4. The Balaban J connectivity index is 1.86. The molecule has 2 aromatic rings. The lowest BCUT2D eigenvalue weighted by atomic mass is 10.0. The lowest BCUT2D eigenvalue weighted by Crippen LogP contribution is -2.48. The van der Waals surface area contributed by atoms with E-state index in [0.29, 0.717) is 6.54 Å². The Kier molecular flexibility index (Phi) is 5.57. The van der Waals surface area contributed by atoms with E-state index in [1.54, 1.807) is 19.5 Å². The summed E-state index contributed by atoms with van der Waals surface area (Å²) in [5.74, 6) is 0.748. The molecule has 2 rings (SSSR count). The molecule has 5 heteroatoms. The predicted molar refractivity (Wildman–Crippen MR) is 91.6 cm³/mol. The van der Waals surface area contributed by atoms with Crippen LogP contribution in [0.25, 0.3) is 0 Å². The first-order valence-corrected chi connectivity index (χ1v) is 7.61. The average Bonchev–Trinajstić information content (AvgIpc) is 2.56. The summed E-state index contributed by atoms with van der Waals surface area (Å²) in [4.78, 5) is 16.4. The molecule has 0 unspecified atom stereocenters. The van der Waals surface area contributed by atoms with Crippen molar-refractivity contribution in [1.29, 1.82) is 0 Å². The van der Waals surface area contributed by atoms with Crippen LogP contribution >= 0.6 is 0 Å². The lowest BCUT2D eigenvalue weighted by Gasteiger charge is -2.26. The number of nitrogens with one attached hydrogen (secondary N) is 2. The molecule has 0 saturated carbocycles. The van der Waals surface area contributed by atoms with E-state index in [4.69, 9.17) is 4.74 Å². The van der Waals surface area contributed by atoms with E-state index in [0.717, 1.165) is 23.4 Å². The number of amides is 1. The fraction of sp³-hybridized carbons (Fsp3) is 0.333. The van der Waals surface area contributed by atoms with E-state index >= 15 is 0 Å². The summed E-state index contributed by atoms with van der Waals surface area (Å²) in [5, 5.41) is 6.21. The van der Waals surface area contributed by atoms with Gasteiger partial charge in [-0.25, -0.2) is 0 Å². The van der Waals surface area contributed by atoms with E-state index < -0.39 is 5.54 Å². The molecule has 0 spiro atoms. The Bertz CT molecular complexity index is 624. The third-order valence-electron chi connectivity index (χ3n) is 3.56. The summed E-state index contributed by atoms with van der Waals surface area (Å²) in [7, 11) is 1.63. The second-order valence-corrected chi connectivity index (χ2v) is 5.84. The Hall–Kier alpha value is -2.56. The van der Waals surface area contributed by atoms with Crippen molar-refractivity contribution < 1.29 is 9.53 Å². The molecule has 0 aliphatic heterocycles. The highest BCUT2D eigenvalue weighted by molar-refractivity contribution is 5.88. The second-order valence-electron chi connectivity index (χ2n) is 5.84. The summed E-state index contributed by atoms with van der Waals surface area (Å²) >= 11 is 0. The molecular weight excluding hydrogens is 290 g/mol. The van der Waals surface area contributed by atoms with Crippen LogP contribution in [0.2, 0.25) is 0 Å². The molecule has 1 aromatic carbocycles. The first-order chi connectivity index (χ1) is 11.0. The van der Waals surface area contributed by atoms with Gasteiger partial charge in [-0.3, -0.25) is 9.78 Å². The number of aromatic nitrogens is 1. The Morgan fingerprint density at radius 3 is 2.39 bits per heavy atom. The van der Waals surface area contributed by atoms with Gasteiger partial charge in [0.25, 0.3) is 0 Å². The Morgan fingerprint density at radius 1 is 1.13 bits per heavy atom. The zero-order chi connectivity index (χ0) is 16.7. The van der Waals surface area contributed by atoms with Gasteiger partial charge in [0.2, 0.25) is 5.91 Å². The number of anilines is 1. The van der Waals surface area contributed by atoms with Crippen LogP contribution < -0.4 is 15.4 Å². The third-order valence-corrected chi connectivity index (χ3v) is 3.56. The molecular formula is C18H23N3O2. The third kappa shape index (κ3) is 4.98. The molecule has 0 saturated heterocycles. The van der Waals surface area contributed by atoms with E-state index in [2.05, 4.69) is 15.6 Å². The van der Waals surface area contributed by atoms with Crippen molar-refractivity contribution in [2.24, 2.45) is 0 Å². The van der Waals surface area contributed by atoms with Gasteiger partial charge in [-0.1, -0.05) is 0 Å².